The summed E-state index contributed by atoms with van der Waals surface area (Å²) in [6, 6.07) is 8.20. The molecule has 6 nitrogen and oxygen atoms in total. The van der Waals surface area contributed by atoms with Gasteiger partial charge in [0.1, 0.15) is 6.54 Å². The molecule has 0 saturated heterocycles. The van der Waals surface area contributed by atoms with Crippen LogP contribution in [0.1, 0.15) is 18.3 Å². The van der Waals surface area contributed by atoms with E-state index in [2.05, 4.69) is 38.3 Å². The molecule has 2 aromatic rings. The van der Waals surface area contributed by atoms with Crippen LogP contribution in [0.5, 0.6) is 0 Å². The minimum atomic E-state index is -4.35. The van der Waals surface area contributed by atoms with E-state index in [1.165, 1.54) is 0 Å². The van der Waals surface area contributed by atoms with E-state index in [4.69, 9.17) is 0 Å². The highest BCUT2D eigenvalue weighted by atomic mass is 19.4. The van der Waals surface area contributed by atoms with Gasteiger partial charge in [0.05, 0.1) is 6.54 Å². The van der Waals surface area contributed by atoms with Gasteiger partial charge in [0.2, 0.25) is 0 Å². The summed E-state index contributed by atoms with van der Waals surface area (Å²) in [5, 5.41) is 10.7. The zero-order valence-electron chi connectivity index (χ0n) is 13.5. The molecule has 0 fully saturated rings. The Morgan fingerprint density at radius 1 is 1.25 bits per heavy atom. The van der Waals surface area contributed by atoms with Crippen molar-refractivity contribution in [3.05, 3.63) is 35.7 Å². The molecule has 24 heavy (non-hydrogen) atoms. The molecule has 0 N–H and O–H groups in total. The molecule has 0 bridgehead atoms. The molecule has 0 saturated carbocycles. The normalized spacial score (nSPS) is 19.2. The van der Waals surface area contributed by atoms with Crippen LogP contribution in [0, 0.1) is 0 Å². The Morgan fingerprint density at radius 2 is 2.00 bits per heavy atom. The van der Waals surface area contributed by atoms with Crippen LogP contribution in [0.2, 0.25) is 0 Å². The van der Waals surface area contributed by atoms with Gasteiger partial charge in [0.15, 0.2) is 5.82 Å². The average Bonchev–Trinajstić information content (AvgIpc) is 2.86. The Kier molecular flexibility index (Phi) is 4.44. The van der Waals surface area contributed by atoms with Crippen LogP contribution in [0.25, 0.3) is 0 Å². The zero-order chi connectivity index (χ0) is 17.3. The maximum atomic E-state index is 12.6. The standard InChI is InChI=1S/C15H19F3N6/c1-11-7-22(2)13-6-4-3-5-12(13)8-23(11)9-14-19-20-21-24(14)10-15(16,17)18/h3-6,11H,7-10H2,1-2H3/t11-/m0/s1. The average molecular weight is 340 g/mol. The summed E-state index contributed by atoms with van der Waals surface area (Å²) in [6.07, 6.45) is -4.35. The Hall–Kier alpha value is -2.16. The van der Waals surface area contributed by atoms with Gasteiger partial charge in [-0.15, -0.1) is 5.10 Å². The van der Waals surface area contributed by atoms with Gasteiger partial charge in [0, 0.05) is 31.9 Å². The molecular weight excluding hydrogens is 321 g/mol. The molecule has 0 amide bonds. The van der Waals surface area contributed by atoms with Crippen LogP contribution in [0.4, 0.5) is 18.9 Å². The fourth-order valence-electron chi connectivity index (χ4n) is 3.02. The Morgan fingerprint density at radius 3 is 2.75 bits per heavy atom. The number of benzene rings is 1. The van der Waals surface area contributed by atoms with Crippen LogP contribution in [-0.4, -0.2) is 50.9 Å². The first kappa shape index (κ1) is 16.7. The van der Waals surface area contributed by atoms with Gasteiger partial charge in [-0.2, -0.15) is 13.2 Å². The molecule has 3 rings (SSSR count). The van der Waals surface area contributed by atoms with E-state index in [1.807, 2.05) is 25.2 Å². The molecule has 0 radical (unpaired) electrons. The summed E-state index contributed by atoms with van der Waals surface area (Å²) in [4.78, 5) is 4.26. The molecular formula is C15H19F3N6. The summed E-state index contributed by atoms with van der Waals surface area (Å²) in [6.45, 7) is 2.57. The number of rotatable bonds is 3. The number of tetrazole rings is 1. The van der Waals surface area contributed by atoms with Crippen molar-refractivity contribution in [3.8, 4) is 0 Å². The van der Waals surface area contributed by atoms with Gasteiger partial charge in [-0.1, -0.05) is 18.2 Å². The first-order valence-corrected chi connectivity index (χ1v) is 7.68. The minimum absolute atomic E-state index is 0.151. The second-order valence-electron chi connectivity index (χ2n) is 6.13. The number of alkyl halides is 3. The third kappa shape index (κ3) is 3.66. The molecule has 1 aromatic carbocycles. The number of likely N-dealkylation sites (N-methyl/N-ethyl adjacent to an activating group) is 1. The first-order chi connectivity index (χ1) is 11.3. The van der Waals surface area contributed by atoms with E-state index >= 15 is 0 Å². The lowest BCUT2D eigenvalue weighted by Crippen LogP contribution is -2.38. The fraction of sp³-hybridized carbons (Fsp3) is 0.533. The van der Waals surface area contributed by atoms with Crippen molar-refractivity contribution in [1.82, 2.24) is 25.1 Å². The smallest absolute Gasteiger partial charge is 0.373 e. The molecule has 1 atom stereocenters. The van der Waals surface area contributed by atoms with Gasteiger partial charge in [-0.25, -0.2) is 4.68 Å². The van der Waals surface area contributed by atoms with Gasteiger partial charge < -0.3 is 4.90 Å². The van der Waals surface area contributed by atoms with Crippen LogP contribution < -0.4 is 4.90 Å². The van der Waals surface area contributed by atoms with Crippen molar-refractivity contribution in [1.29, 1.82) is 0 Å². The molecule has 0 aliphatic carbocycles. The van der Waals surface area contributed by atoms with Crippen LogP contribution in [-0.2, 0) is 19.6 Å². The Labute approximate surface area is 137 Å². The number of hydrogen-bond donors (Lipinski definition) is 0. The summed E-state index contributed by atoms with van der Waals surface area (Å²) in [7, 11) is 2.02. The van der Waals surface area contributed by atoms with Crippen molar-refractivity contribution >= 4 is 5.69 Å². The van der Waals surface area contributed by atoms with Gasteiger partial charge >= 0.3 is 6.18 Å². The molecule has 0 spiro atoms. The van der Waals surface area contributed by atoms with Gasteiger partial charge in [-0.3, -0.25) is 4.90 Å². The van der Waals surface area contributed by atoms with Crippen LogP contribution in [0.3, 0.4) is 0 Å². The lowest BCUT2D eigenvalue weighted by Gasteiger charge is -2.27. The van der Waals surface area contributed by atoms with Crippen LogP contribution >= 0.6 is 0 Å². The maximum absolute atomic E-state index is 12.6. The summed E-state index contributed by atoms with van der Waals surface area (Å²) in [5.74, 6) is 0.223. The molecule has 1 aliphatic heterocycles. The maximum Gasteiger partial charge on any atom is 0.408 e. The summed E-state index contributed by atoms with van der Waals surface area (Å²) >= 11 is 0. The number of nitrogens with zero attached hydrogens (tertiary/aromatic N) is 6. The SMILES string of the molecule is C[C@H]1CN(C)c2ccccc2CN1Cc1nnnn1CC(F)(F)F. The Bertz CT molecular complexity index is 699. The lowest BCUT2D eigenvalue weighted by molar-refractivity contribution is -0.143. The molecule has 1 aromatic heterocycles. The number of halogens is 3. The van der Waals surface area contributed by atoms with E-state index in [0.717, 1.165) is 22.5 Å². The van der Waals surface area contributed by atoms with E-state index in [9.17, 15) is 13.2 Å². The van der Waals surface area contributed by atoms with Crippen molar-refractivity contribution in [2.75, 3.05) is 18.5 Å². The van der Waals surface area contributed by atoms with Gasteiger partial charge in [-0.05, 0) is 29.0 Å². The molecule has 9 heteroatoms. The molecule has 2 heterocycles. The highest BCUT2D eigenvalue weighted by Crippen LogP contribution is 2.27. The van der Waals surface area contributed by atoms with Crippen molar-refractivity contribution in [3.63, 3.8) is 0 Å². The fourth-order valence-corrected chi connectivity index (χ4v) is 3.02. The Balaban J connectivity index is 1.82. The highest BCUT2D eigenvalue weighted by Gasteiger charge is 2.31. The minimum Gasteiger partial charge on any atom is -0.373 e. The summed E-state index contributed by atoms with van der Waals surface area (Å²) < 4.78 is 38.7. The van der Waals surface area contributed by atoms with Crippen LogP contribution in [0.15, 0.2) is 24.3 Å². The first-order valence-electron chi connectivity index (χ1n) is 7.68. The summed E-state index contributed by atoms with van der Waals surface area (Å²) in [5.41, 5.74) is 2.28. The number of aromatic nitrogens is 4. The predicted octanol–water partition coefficient (Wildman–Crippen LogP) is 2.08. The van der Waals surface area contributed by atoms with Crippen molar-refractivity contribution in [2.24, 2.45) is 0 Å². The largest absolute Gasteiger partial charge is 0.408 e. The number of anilines is 1. The molecule has 130 valence electrons. The van der Waals surface area contributed by atoms with E-state index in [-0.39, 0.29) is 18.4 Å². The lowest BCUT2D eigenvalue weighted by atomic mass is 10.1. The predicted molar refractivity (Wildman–Crippen MR) is 82.3 cm³/mol. The number of fused-ring (bicyclic) bond motifs is 1. The number of para-hydroxylation sites is 1. The second kappa shape index (κ2) is 6.39. The monoisotopic (exact) mass is 340 g/mol. The quantitative estimate of drug-likeness (QED) is 0.856. The topological polar surface area (TPSA) is 50.1 Å². The highest BCUT2D eigenvalue weighted by molar-refractivity contribution is 5.53. The third-order valence-electron chi connectivity index (χ3n) is 4.22. The molecule has 1 aliphatic rings. The second-order valence-corrected chi connectivity index (χ2v) is 6.13. The third-order valence-corrected chi connectivity index (χ3v) is 4.22. The van der Waals surface area contributed by atoms with E-state index < -0.39 is 12.7 Å². The molecule has 0 unspecified atom stereocenters. The van der Waals surface area contributed by atoms with E-state index in [1.54, 1.807) is 0 Å². The number of hydrogen-bond acceptors (Lipinski definition) is 5. The van der Waals surface area contributed by atoms with Crippen molar-refractivity contribution in [2.45, 2.75) is 38.8 Å². The van der Waals surface area contributed by atoms with Crippen molar-refractivity contribution < 1.29 is 13.2 Å². The zero-order valence-corrected chi connectivity index (χ0v) is 13.5. The van der Waals surface area contributed by atoms with E-state index in [0.29, 0.717) is 6.54 Å². The van der Waals surface area contributed by atoms with Gasteiger partial charge in [0.25, 0.3) is 0 Å².